The minimum absolute atomic E-state index is 0.0112. The molecule has 2 aliphatic rings. The molecule has 0 aromatic rings. The monoisotopic (exact) mass is 209 g/mol. The number of nitrogens with zero attached hydrogens (tertiary/aromatic N) is 1. The van der Waals surface area contributed by atoms with Crippen LogP contribution >= 0.6 is 0 Å². The number of carboxylic acids is 1. The molecule has 82 valence electrons. The van der Waals surface area contributed by atoms with Crippen molar-refractivity contribution < 1.29 is 14.7 Å². The lowest BCUT2D eigenvalue weighted by molar-refractivity contribution is -0.159. The lowest BCUT2D eigenvalue weighted by atomic mass is 9.90. The molecule has 0 spiro atoms. The number of hydrogen-bond acceptors (Lipinski definition) is 2. The smallest absolute Gasteiger partial charge is 0.326 e. The van der Waals surface area contributed by atoms with Gasteiger partial charge in [-0.2, -0.15) is 0 Å². The summed E-state index contributed by atoms with van der Waals surface area (Å²) in [7, 11) is 0. The Hall–Kier alpha value is -1.32. The van der Waals surface area contributed by atoms with Crippen molar-refractivity contribution in [2.24, 2.45) is 5.92 Å². The Labute approximate surface area is 88.6 Å². The van der Waals surface area contributed by atoms with Crippen LogP contribution in [0.15, 0.2) is 12.2 Å². The third-order valence-electron chi connectivity index (χ3n) is 3.21. The Morgan fingerprint density at radius 1 is 1.27 bits per heavy atom. The van der Waals surface area contributed by atoms with Crippen LogP contribution in [0.2, 0.25) is 0 Å². The fraction of sp³-hybridized carbons (Fsp3) is 0.636. The van der Waals surface area contributed by atoms with E-state index in [1.807, 2.05) is 6.08 Å². The summed E-state index contributed by atoms with van der Waals surface area (Å²) < 4.78 is 0. The molecule has 2 unspecified atom stereocenters. The van der Waals surface area contributed by atoms with Crippen molar-refractivity contribution in [3.05, 3.63) is 12.2 Å². The topological polar surface area (TPSA) is 57.6 Å². The van der Waals surface area contributed by atoms with Gasteiger partial charge in [-0.15, -0.1) is 0 Å². The van der Waals surface area contributed by atoms with Gasteiger partial charge in [-0.05, 0) is 25.7 Å². The fourth-order valence-corrected chi connectivity index (χ4v) is 2.16. The van der Waals surface area contributed by atoms with Crippen molar-refractivity contribution in [2.75, 3.05) is 6.54 Å². The standard InChI is InChI=1S/C11H15NO3/c13-10(8-4-2-1-3-5-8)12-7-6-9(12)11(14)15/h1-2,8-9H,3-7H2,(H,14,15). The lowest BCUT2D eigenvalue weighted by Gasteiger charge is -2.40. The molecule has 4 heteroatoms. The van der Waals surface area contributed by atoms with Gasteiger partial charge in [-0.1, -0.05) is 12.2 Å². The predicted molar refractivity (Wildman–Crippen MR) is 54.2 cm³/mol. The second kappa shape index (κ2) is 4.04. The molecule has 1 aliphatic heterocycles. The summed E-state index contributed by atoms with van der Waals surface area (Å²) in [6.07, 6.45) is 7.25. The Bertz CT molecular complexity index is 311. The minimum atomic E-state index is -0.874. The Balaban J connectivity index is 1.96. The molecule has 0 aromatic carbocycles. The summed E-state index contributed by atoms with van der Waals surface area (Å²) in [5.41, 5.74) is 0. The number of hydrogen-bond donors (Lipinski definition) is 1. The van der Waals surface area contributed by atoms with E-state index in [2.05, 4.69) is 6.08 Å². The highest BCUT2D eigenvalue weighted by Crippen LogP contribution is 2.26. The first-order valence-electron chi connectivity index (χ1n) is 5.38. The molecule has 0 aromatic heterocycles. The Kier molecular flexibility index (Phi) is 2.75. The van der Waals surface area contributed by atoms with Crippen LogP contribution in [0.25, 0.3) is 0 Å². The molecule has 1 saturated heterocycles. The van der Waals surface area contributed by atoms with Gasteiger partial charge in [0.1, 0.15) is 6.04 Å². The number of amides is 1. The number of aliphatic carboxylic acids is 1. The number of likely N-dealkylation sites (tertiary alicyclic amines) is 1. The predicted octanol–water partition coefficient (Wildman–Crippen LogP) is 1.03. The molecule has 1 heterocycles. The van der Waals surface area contributed by atoms with Gasteiger partial charge >= 0.3 is 5.97 Å². The van der Waals surface area contributed by atoms with E-state index in [4.69, 9.17) is 5.11 Å². The first-order valence-corrected chi connectivity index (χ1v) is 5.38. The first-order chi connectivity index (χ1) is 7.20. The third kappa shape index (κ3) is 1.89. The number of carbonyl (C=O) groups excluding carboxylic acids is 1. The van der Waals surface area contributed by atoms with Crippen LogP contribution in [0, 0.1) is 5.92 Å². The highest BCUT2D eigenvalue weighted by Gasteiger charge is 2.39. The van der Waals surface area contributed by atoms with Gasteiger partial charge in [0, 0.05) is 12.5 Å². The van der Waals surface area contributed by atoms with E-state index in [1.54, 1.807) is 0 Å². The SMILES string of the molecule is O=C(O)C1CCN1C(=O)C1CC=CCC1. The van der Waals surface area contributed by atoms with E-state index in [0.717, 1.165) is 19.3 Å². The molecule has 0 bridgehead atoms. The quantitative estimate of drug-likeness (QED) is 0.691. The molecule has 0 radical (unpaired) electrons. The zero-order valence-corrected chi connectivity index (χ0v) is 8.56. The third-order valence-corrected chi connectivity index (χ3v) is 3.21. The Morgan fingerprint density at radius 3 is 2.53 bits per heavy atom. The number of rotatable bonds is 2. The molecule has 0 saturated carbocycles. The van der Waals surface area contributed by atoms with Crippen molar-refractivity contribution in [3.8, 4) is 0 Å². The van der Waals surface area contributed by atoms with Crippen LogP contribution in [0.1, 0.15) is 25.7 Å². The molecule has 1 N–H and O–H groups in total. The van der Waals surface area contributed by atoms with Gasteiger partial charge in [-0.3, -0.25) is 4.79 Å². The number of carbonyl (C=O) groups is 2. The molecular formula is C11H15NO3. The molecular weight excluding hydrogens is 194 g/mol. The highest BCUT2D eigenvalue weighted by molar-refractivity contribution is 5.86. The minimum Gasteiger partial charge on any atom is -0.480 e. The molecule has 15 heavy (non-hydrogen) atoms. The van der Waals surface area contributed by atoms with Gasteiger partial charge in [0.2, 0.25) is 5.91 Å². The maximum absolute atomic E-state index is 11.9. The maximum Gasteiger partial charge on any atom is 0.326 e. The zero-order valence-electron chi connectivity index (χ0n) is 8.56. The lowest BCUT2D eigenvalue weighted by Crippen LogP contribution is -2.56. The second-order valence-corrected chi connectivity index (χ2v) is 4.16. The maximum atomic E-state index is 11.9. The van der Waals surface area contributed by atoms with Gasteiger partial charge in [0.15, 0.2) is 0 Å². The van der Waals surface area contributed by atoms with E-state index in [-0.39, 0.29) is 11.8 Å². The second-order valence-electron chi connectivity index (χ2n) is 4.16. The average Bonchev–Trinajstić information content (AvgIpc) is 2.16. The highest BCUT2D eigenvalue weighted by atomic mass is 16.4. The Morgan fingerprint density at radius 2 is 2.07 bits per heavy atom. The molecule has 2 atom stereocenters. The van der Waals surface area contributed by atoms with Crippen LogP contribution in [0.5, 0.6) is 0 Å². The van der Waals surface area contributed by atoms with Crippen molar-refractivity contribution in [1.82, 2.24) is 4.90 Å². The summed E-state index contributed by atoms with van der Waals surface area (Å²) in [5.74, 6) is -0.837. The molecule has 1 fully saturated rings. The van der Waals surface area contributed by atoms with E-state index < -0.39 is 12.0 Å². The van der Waals surface area contributed by atoms with E-state index in [0.29, 0.717) is 13.0 Å². The van der Waals surface area contributed by atoms with Gasteiger partial charge in [-0.25, -0.2) is 4.79 Å². The van der Waals surface area contributed by atoms with Gasteiger partial charge in [0.05, 0.1) is 0 Å². The van der Waals surface area contributed by atoms with Crippen molar-refractivity contribution in [1.29, 1.82) is 0 Å². The van der Waals surface area contributed by atoms with Crippen molar-refractivity contribution >= 4 is 11.9 Å². The van der Waals surface area contributed by atoms with Gasteiger partial charge in [0.25, 0.3) is 0 Å². The summed E-state index contributed by atoms with van der Waals surface area (Å²) in [6, 6.07) is -0.566. The summed E-state index contributed by atoms with van der Waals surface area (Å²) >= 11 is 0. The van der Waals surface area contributed by atoms with Crippen molar-refractivity contribution in [3.63, 3.8) is 0 Å². The van der Waals surface area contributed by atoms with Crippen LogP contribution in [-0.2, 0) is 9.59 Å². The number of allylic oxidation sites excluding steroid dienone is 2. The first kappa shape index (κ1) is 10.2. The van der Waals surface area contributed by atoms with Gasteiger partial charge < -0.3 is 10.0 Å². The largest absolute Gasteiger partial charge is 0.480 e. The summed E-state index contributed by atoms with van der Waals surface area (Å²) in [6.45, 7) is 0.607. The van der Waals surface area contributed by atoms with E-state index in [1.165, 1.54) is 4.90 Å². The van der Waals surface area contributed by atoms with Crippen LogP contribution in [0.4, 0.5) is 0 Å². The van der Waals surface area contributed by atoms with Crippen LogP contribution in [0.3, 0.4) is 0 Å². The summed E-state index contributed by atoms with van der Waals surface area (Å²) in [5, 5.41) is 8.84. The summed E-state index contributed by atoms with van der Waals surface area (Å²) in [4.78, 5) is 24.2. The average molecular weight is 209 g/mol. The fourth-order valence-electron chi connectivity index (χ4n) is 2.16. The van der Waals surface area contributed by atoms with E-state index in [9.17, 15) is 9.59 Å². The molecule has 1 amide bonds. The molecule has 4 nitrogen and oxygen atoms in total. The van der Waals surface area contributed by atoms with Crippen molar-refractivity contribution in [2.45, 2.75) is 31.7 Å². The molecule has 1 aliphatic carbocycles. The zero-order chi connectivity index (χ0) is 10.8. The molecule has 2 rings (SSSR count). The normalized spacial score (nSPS) is 29.7. The van der Waals surface area contributed by atoms with E-state index >= 15 is 0 Å². The number of carboxylic acid groups (broad SMARTS) is 1. The van der Waals surface area contributed by atoms with Crippen LogP contribution < -0.4 is 0 Å². The van der Waals surface area contributed by atoms with Crippen LogP contribution in [-0.4, -0.2) is 34.5 Å².